The number of nitriles is 1. The third-order valence-corrected chi connectivity index (χ3v) is 1.80. The maximum atomic E-state index is 13.0. The lowest BCUT2D eigenvalue weighted by atomic mass is 10.1. The van der Waals surface area contributed by atoms with E-state index < -0.39 is 35.0 Å². The van der Waals surface area contributed by atoms with Gasteiger partial charge in [-0.3, -0.25) is 0 Å². The SMILES string of the molecule is COC(=O)c1c(C#N)cc(F)cc1OC(F)(F)F. The van der Waals surface area contributed by atoms with Crippen LogP contribution < -0.4 is 4.74 Å². The van der Waals surface area contributed by atoms with Gasteiger partial charge in [-0.1, -0.05) is 0 Å². The minimum absolute atomic E-state index is 0.348. The van der Waals surface area contributed by atoms with Gasteiger partial charge in [0.1, 0.15) is 23.2 Å². The van der Waals surface area contributed by atoms with Crippen LogP contribution >= 0.6 is 0 Å². The molecule has 0 aromatic heterocycles. The average molecular weight is 263 g/mol. The molecule has 0 aliphatic carbocycles. The Morgan fingerprint density at radius 2 is 2.00 bits per heavy atom. The molecule has 0 heterocycles. The van der Waals surface area contributed by atoms with E-state index in [2.05, 4.69) is 9.47 Å². The van der Waals surface area contributed by atoms with Gasteiger partial charge in [-0.15, -0.1) is 13.2 Å². The molecular weight excluding hydrogens is 258 g/mol. The zero-order valence-corrected chi connectivity index (χ0v) is 8.84. The molecule has 0 amide bonds. The summed E-state index contributed by atoms with van der Waals surface area (Å²) in [6.45, 7) is 0. The summed E-state index contributed by atoms with van der Waals surface area (Å²) in [6, 6.07) is 2.34. The van der Waals surface area contributed by atoms with E-state index in [9.17, 15) is 22.4 Å². The van der Waals surface area contributed by atoms with E-state index in [0.717, 1.165) is 7.11 Å². The van der Waals surface area contributed by atoms with E-state index in [4.69, 9.17) is 5.26 Å². The molecule has 18 heavy (non-hydrogen) atoms. The third-order valence-electron chi connectivity index (χ3n) is 1.80. The van der Waals surface area contributed by atoms with Gasteiger partial charge >= 0.3 is 12.3 Å². The van der Waals surface area contributed by atoms with Gasteiger partial charge in [-0.05, 0) is 6.07 Å². The number of benzene rings is 1. The van der Waals surface area contributed by atoms with Gasteiger partial charge in [-0.25, -0.2) is 9.18 Å². The largest absolute Gasteiger partial charge is 0.573 e. The highest BCUT2D eigenvalue weighted by atomic mass is 19.4. The summed E-state index contributed by atoms with van der Waals surface area (Å²) >= 11 is 0. The second kappa shape index (κ2) is 4.91. The van der Waals surface area contributed by atoms with E-state index in [1.807, 2.05) is 0 Å². The van der Waals surface area contributed by atoms with Crippen molar-refractivity contribution >= 4 is 5.97 Å². The number of rotatable bonds is 2. The molecule has 0 N–H and O–H groups in total. The Balaban J connectivity index is 3.43. The van der Waals surface area contributed by atoms with Crippen LogP contribution in [-0.2, 0) is 4.74 Å². The Labute approximate surface area is 98.3 Å². The first-order valence-corrected chi connectivity index (χ1v) is 4.36. The fourth-order valence-corrected chi connectivity index (χ4v) is 1.19. The van der Waals surface area contributed by atoms with Crippen LogP contribution in [0.3, 0.4) is 0 Å². The Hall–Kier alpha value is -2.30. The molecule has 0 aliphatic rings. The molecule has 0 bridgehead atoms. The summed E-state index contributed by atoms with van der Waals surface area (Å²) in [5.41, 5.74) is -1.39. The molecule has 0 fully saturated rings. The van der Waals surface area contributed by atoms with Crippen molar-refractivity contribution in [3.05, 3.63) is 29.1 Å². The number of methoxy groups -OCH3 is 1. The van der Waals surface area contributed by atoms with Crippen LogP contribution in [0.5, 0.6) is 5.75 Å². The average Bonchev–Trinajstić information content (AvgIpc) is 2.25. The van der Waals surface area contributed by atoms with Crippen LogP contribution in [0.2, 0.25) is 0 Å². The number of hydrogen-bond donors (Lipinski definition) is 0. The van der Waals surface area contributed by atoms with Gasteiger partial charge in [0.2, 0.25) is 0 Å². The van der Waals surface area contributed by atoms with E-state index in [1.165, 1.54) is 6.07 Å². The molecule has 0 radical (unpaired) electrons. The Morgan fingerprint density at radius 3 is 2.44 bits per heavy atom. The van der Waals surface area contributed by atoms with Crippen LogP contribution in [0.4, 0.5) is 17.6 Å². The van der Waals surface area contributed by atoms with Gasteiger partial charge < -0.3 is 9.47 Å². The quantitative estimate of drug-likeness (QED) is 0.607. The number of esters is 1. The van der Waals surface area contributed by atoms with Crippen molar-refractivity contribution in [2.24, 2.45) is 0 Å². The van der Waals surface area contributed by atoms with E-state index in [1.54, 1.807) is 0 Å². The molecule has 4 nitrogen and oxygen atoms in total. The highest BCUT2D eigenvalue weighted by Gasteiger charge is 2.34. The fourth-order valence-electron chi connectivity index (χ4n) is 1.19. The van der Waals surface area contributed by atoms with Crippen molar-refractivity contribution in [2.75, 3.05) is 7.11 Å². The summed E-state index contributed by atoms with van der Waals surface area (Å²) in [7, 11) is 0.907. The molecule has 0 saturated carbocycles. The number of halogens is 4. The van der Waals surface area contributed by atoms with Crippen LogP contribution in [0.15, 0.2) is 12.1 Å². The molecule has 0 atom stereocenters. The number of carbonyl (C=O) groups excluding carboxylic acids is 1. The Kier molecular flexibility index (Phi) is 3.76. The van der Waals surface area contributed by atoms with Crippen molar-refractivity contribution < 1.29 is 31.8 Å². The smallest absolute Gasteiger partial charge is 0.465 e. The van der Waals surface area contributed by atoms with Gasteiger partial charge in [0.05, 0.1) is 12.7 Å². The molecule has 0 unspecified atom stereocenters. The normalized spacial score (nSPS) is 10.7. The maximum absolute atomic E-state index is 13.0. The van der Waals surface area contributed by atoms with Crippen LogP contribution in [0.1, 0.15) is 15.9 Å². The molecular formula is C10H5F4NO3. The van der Waals surface area contributed by atoms with Crippen LogP contribution in [0, 0.1) is 17.1 Å². The fraction of sp³-hybridized carbons (Fsp3) is 0.200. The first kappa shape index (κ1) is 13.8. The van der Waals surface area contributed by atoms with Crippen LogP contribution in [0.25, 0.3) is 0 Å². The third kappa shape index (κ3) is 3.10. The second-order valence-electron chi connectivity index (χ2n) is 2.98. The van der Waals surface area contributed by atoms with Crippen molar-refractivity contribution in [3.8, 4) is 11.8 Å². The Morgan fingerprint density at radius 1 is 1.39 bits per heavy atom. The monoisotopic (exact) mass is 263 g/mol. The van der Waals surface area contributed by atoms with E-state index in [0.29, 0.717) is 12.1 Å². The lowest BCUT2D eigenvalue weighted by Crippen LogP contribution is -2.20. The summed E-state index contributed by atoms with van der Waals surface area (Å²) in [5, 5.41) is 8.65. The van der Waals surface area contributed by atoms with Gasteiger partial charge in [-0.2, -0.15) is 5.26 Å². The molecule has 0 spiro atoms. The second-order valence-corrected chi connectivity index (χ2v) is 2.98. The molecule has 1 rings (SSSR count). The van der Waals surface area contributed by atoms with Crippen molar-refractivity contribution in [3.63, 3.8) is 0 Å². The number of carbonyl (C=O) groups is 1. The van der Waals surface area contributed by atoms with Crippen LogP contribution in [-0.4, -0.2) is 19.4 Å². The molecule has 8 heteroatoms. The number of hydrogen-bond acceptors (Lipinski definition) is 4. The molecule has 1 aromatic carbocycles. The van der Waals surface area contributed by atoms with E-state index in [-0.39, 0.29) is 0 Å². The first-order chi connectivity index (χ1) is 8.28. The number of ether oxygens (including phenoxy) is 2. The zero-order chi connectivity index (χ0) is 13.9. The molecule has 0 aliphatic heterocycles. The minimum atomic E-state index is -5.12. The summed E-state index contributed by atoms with van der Waals surface area (Å²) < 4.78 is 56.9. The topological polar surface area (TPSA) is 59.3 Å². The van der Waals surface area contributed by atoms with Gasteiger partial charge in [0.25, 0.3) is 0 Å². The predicted molar refractivity (Wildman–Crippen MR) is 49.1 cm³/mol. The minimum Gasteiger partial charge on any atom is -0.465 e. The Bertz CT molecular complexity index is 519. The molecule has 96 valence electrons. The van der Waals surface area contributed by atoms with Gasteiger partial charge in [0, 0.05) is 6.07 Å². The lowest BCUT2D eigenvalue weighted by molar-refractivity contribution is -0.274. The van der Waals surface area contributed by atoms with Crippen molar-refractivity contribution in [1.82, 2.24) is 0 Å². The summed E-state index contributed by atoms with van der Waals surface area (Å²) in [5.74, 6) is -3.49. The number of nitrogens with zero attached hydrogens (tertiary/aromatic N) is 1. The summed E-state index contributed by atoms with van der Waals surface area (Å²) in [6.07, 6.45) is -5.12. The van der Waals surface area contributed by atoms with Crippen molar-refractivity contribution in [2.45, 2.75) is 6.36 Å². The maximum Gasteiger partial charge on any atom is 0.573 e. The summed E-state index contributed by atoms with van der Waals surface area (Å²) in [4.78, 5) is 11.3. The lowest BCUT2D eigenvalue weighted by Gasteiger charge is -2.13. The molecule has 1 aromatic rings. The molecule has 0 saturated heterocycles. The highest BCUT2D eigenvalue weighted by Crippen LogP contribution is 2.30. The van der Waals surface area contributed by atoms with Gasteiger partial charge in [0.15, 0.2) is 0 Å². The van der Waals surface area contributed by atoms with Crippen molar-refractivity contribution in [1.29, 1.82) is 5.26 Å². The predicted octanol–water partition coefficient (Wildman–Crippen LogP) is 2.38. The number of alkyl halides is 3. The standard InChI is InChI=1S/C10H5F4NO3/c1-17-9(16)8-5(4-15)2-6(11)3-7(8)18-10(12,13)14/h2-3H,1H3. The zero-order valence-electron chi connectivity index (χ0n) is 8.84. The first-order valence-electron chi connectivity index (χ1n) is 4.36. The highest BCUT2D eigenvalue weighted by molar-refractivity contribution is 5.95. The van der Waals surface area contributed by atoms with E-state index >= 15 is 0 Å².